The maximum atomic E-state index is 13.0. The number of hydrogen-bond donors (Lipinski definition) is 1. The molecule has 0 aliphatic rings. The summed E-state index contributed by atoms with van der Waals surface area (Å²) in [6, 6.07) is 17.2. The molecule has 0 fully saturated rings. The summed E-state index contributed by atoms with van der Waals surface area (Å²) < 4.78 is 0. The first kappa shape index (κ1) is 17.9. The van der Waals surface area contributed by atoms with Crippen molar-refractivity contribution < 1.29 is 4.79 Å². The zero-order valence-electron chi connectivity index (χ0n) is 15.3. The zero-order chi connectivity index (χ0) is 18.5. The molecule has 134 valence electrons. The molecule has 0 aliphatic carbocycles. The van der Waals surface area contributed by atoms with E-state index in [9.17, 15) is 9.59 Å². The summed E-state index contributed by atoms with van der Waals surface area (Å²) in [4.78, 5) is 30.1. The SMILES string of the molecule is CCCCN(Cc1cc2ccccc2[nH]c1=O)C(=O)c1cccc(C)c1. The highest BCUT2D eigenvalue weighted by Gasteiger charge is 2.17. The van der Waals surface area contributed by atoms with Crippen LogP contribution in [0.2, 0.25) is 0 Å². The fourth-order valence-electron chi connectivity index (χ4n) is 3.08. The minimum absolute atomic E-state index is 0.0327. The molecule has 0 bridgehead atoms. The summed E-state index contributed by atoms with van der Waals surface area (Å²) in [6.07, 6.45) is 1.90. The van der Waals surface area contributed by atoms with E-state index in [0.717, 1.165) is 29.3 Å². The van der Waals surface area contributed by atoms with E-state index in [1.54, 1.807) is 4.90 Å². The fourth-order valence-corrected chi connectivity index (χ4v) is 3.08. The summed E-state index contributed by atoms with van der Waals surface area (Å²) in [5.74, 6) is -0.0327. The Hall–Kier alpha value is -2.88. The molecule has 2 aromatic carbocycles. The van der Waals surface area contributed by atoms with Crippen LogP contribution in [-0.2, 0) is 6.54 Å². The van der Waals surface area contributed by atoms with Crippen molar-refractivity contribution in [1.29, 1.82) is 0 Å². The number of amides is 1. The molecular formula is C22H24N2O2. The third-order valence-electron chi connectivity index (χ3n) is 4.53. The van der Waals surface area contributed by atoms with E-state index in [1.807, 2.05) is 61.5 Å². The van der Waals surface area contributed by atoms with E-state index < -0.39 is 0 Å². The minimum Gasteiger partial charge on any atom is -0.334 e. The minimum atomic E-state index is -0.137. The number of carbonyl (C=O) groups is 1. The smallest absolute Gasteiger partial charge is 0.254 e. The summed E-state index contributed by atoms with van der Waals surface area (Å²) in [5, 5.41) is 0.973. The van der Waals surface area contributed by atoms with Crippen LogP contribution in [-0.4, -0.2) is 22.3 Å². The summed E-state index contributed by atoms with van der Waals surface area (Å²) in [7, 11) is 0. The molecule has 1 heterocycles. The second kappa shape index (κ2) is 8.00. The lowest BCUT2D eigenvalue weighted by Crippen LogP contribution is -2.33. The van der Waals surface area contributed by atoms with Crippen molar-refractivity contribution in [2.24, 2.45) is 0 Å². The molecule has 26 heavy (non-hydrogen) atoms. The number of aromatic amines is 1. The third-order valence-corrected chi connectivity index (χ3v) is 4.53. The van der Waals surface area contributed by atoms with Crippen molar-refractivity contribution >= 4 is 16.8 Å². The summed E-state index contributed by atoms with van der Waals surface area (Å²) in [6.45, 7) is 5.02. The molecule has 0 radical (unpaired) electrons. The highest BCUT2D eigenvalue weighted by molar-refractivity contribution is 5.94. The first-order chi connectivity index (χ1) is 12.6. The number of H-pyrrole nitrogens is 1. The molecule has 1 N–H and O–H groups in total. The molecular weight excluding hydrogens is 324 g/mol. The lowest BCUT2D eigenvalue weighted by Gasteiger charge is -2.23. The van der Waals surface area contributed by atoms with Gasteiger partial charge >= 0.3 is 0 Å². The number of aromatic nitrogens is 1. The second-order valence-electron chi connectivity index (χ2n) is 6.66. The number of pyridine rings is 1. The van der Waals surface area contributed by atoms with Gasteiger partial charge in [-0.2, -0.15) is 0 Å². The third kappa shape index (κ3) is 4.02. The number of hydrogen-bond acceptors (Lipinski definition) is 2. The number of carbonyl (C=O) groups excluding carboxylic acids is 1. The van der Waals surface area contributed by atoms with E-state index >= 15 is 0 Å². The molecule has 4 nitrogen and oxygen atoms in total. The molecule has 0 atom stereocenters. The lowest BCUT2D eigenvalue weighted by atomic mass is 10.1. The van der Waals surface area contributed by atoms with Crippen LogP contribution >= 0.6 is 0 Å². The van der Waals surface area contributed by atoms with Crippen LogP contribution in [0.4, 0.5) is 0 Å². The Balaban J connectivity index is 1.92. The van der Waals surface area contributed by atoms with E-state index in [0.29, 0.717) is 24.2 Å². The maximum absolute atomic E-state index is 13.0. The average Bonchev–Trinajstić information content (AvgIpc) is 2.65. The molecule has 0 saturated carbocycles. The van der Waals surface area contributed by atoms with E-state index in [4.69, 9.17) is 0 Å². The van der Waals surface area contributed by atoms with Crippen LogP contribution < -0.4 is 5.56 Å². The van der Waals surface area contributed by atoms with Crippen LogP contribution in [0.25, 0.3) is 10.9 Å². The van der Waals surface area contributed by atoms with Crippen molar-refractivity contribution in [3.05, 3.63) is 81.6 Å². The Labute approximate surface area is 153 Å². The number of unbranched alkanes of at least 4 members (excludes halogenated alkanes) is 1. The van der Waals surface area contributed by atoms with Gasteiger partial charge in [-0.15, -0.1) is 0 Å². The van der Waals surface area contributed by atoms with Crippen LogP contribution in [0.3, 0.4) is 0 Å². The Morgan fingerprint density at radius 3 is 2.65 bits per heavy atom. The van der Waals surface area contributed by atoms with Gasteiger partial charge < -0.3 is 9.88 Å². The molecule has 4 heteroatoms. The molecule has 0 aliphatic heterocycles. The van der Waals surface area contributed by atoms with Gasteiger partial charge in [0.1, 0.15) is 0 Å². The molecule has 0 spiro atoms. The predicted molar refractivity (Wildman–Crippen MR) is 105 cm³/mol. The lowest BCUT2D eigenvalue weighted by molar-refractivity contribution is 0.0740. The highest BCUT2D eigenvalue weighted by atomic mass is 16.2. The number of nitrogens with zero attached hydrogens (tertiary/aromatic N) is 1. The quantitative estimate of drug-likeness (QED) is 0.723. The van der Waals surface area contributed by atoms with Gasteiger partial charge in [0.15, 0.2) is 0 Å². The zero-order valence-corrected chi connectivity index (χ0v) is 15.3. The number of benzene rings is 2. The number of rotatable bonds is 6. The predicted octanol–water partition coefficient (Wildman–Crippen LogP) is 4.28. The molecule has 0 saturated heterocycles. The Bertz CT molecular complexity index is 975. The average molecular weight is 348 g/mol. The van der Waals surface area contributed by atoms with Gasteiger partial charge in [0.25, 0.3) is 11.5 Å². The molecule has 1 aromatic heterocycles. The Morgan fingerprint density at radius 2 is 1.88 bits per heavy atom. The van der Waals surface area contributed by atoms with Crippen LogP contribution in [0.5, 0.6) is 0 Å². The van der Waals surface area contributed by atoms with Gasteiger partial charge in [0.05, 0.1) is 6.54 Å². The van der Waals surface area contributed by atoms with E-state index in [-0.39, 0.29) is 11.5 Å². The van der Waals surface area contributed by atoms with Crippen molar-refractivity contribution in [2.75, 3.05) is 6.54 Å². The van der Waals surface area contributed by atoms with Crippen LogP contribution in [0.1, 0.15) is 41.3 Å². The van der Waals surface area contributed by atoms with Crippen LogP contribution in [0.15, 0.2) is 59.4 Å². The van der Waals surface area contributed by atoms with Crippen molar-refractivity contribution in [2.45, 2.75) is 33.2 Å². The maximum Gasteiger partial charge on any atom is 0.254 e. The monoisotopic (exact) mass is 348 g/mol. The highest BCUT2D eigenvalue weighted by Crippen LogP contribution is 2.14. The standard InChI is InChI=1S/C22H24N2O2/c1-3-4-12-24(22(26)18-10-7-8-16(2)13-18)15-19-14-17-9-5-6-11-20(17)23-21(19)25/h5-11,13-14H,3-4,12,15H2,1-2H3,(H,23,25). The first-order valence-electron chi connectivity index (χ1n) is 9.05. The number of fused-ring (bicyclic) bond motifs is 1. The number of nitrogens with one attached hydrogen (secondary N) is 1. The molecule has 3 rings (SSSR count). The van der Waals surface area contributed by atoms with Crippen molar-refractivity contribution in [3.63, 3.8) is 0 Å². The van der Waals surface area contributed by atoms with Gasteiger partial charge in [0, 0.05) is 23.2 Å². The normalized spacial score (nSPS) is 10.8. The first-order valence-corrected chi connectivity index (χ1v) is 9.05. The van der Waals surface area contributed by atoms with E-state index in [2.05, 4.69) is 11.9 Å². The van der Waals surface area contributed by atoms with Gasteiger partial charge in [-0.1, -0.05) is 49.2 Å². The number of aryl methyl sites for hydroxylation is 1. The van der Waals surface area contributed by atoms with Gasteiger partial charge in [0.2, 0.25) is 0 Å². The van der Waals surface area contributed by atoms with Gasteiger partial charge in [-0.3, -0.25) is 9.59 Å². The Kier molecular flexibility index (Phi) is 5.52. The van der Waals surface area contributed by atoms with Crippen LogP contribution in [0, 0.1) is 6.92 Å². The second-order valence-corrected chi connectivity index (χ2v) is 6.66. The molecule has 1 amide bonds. The molecule has 3 aromatic rings. The van der Waals surface area contributed by atoms with Crippen molar-refractivity contribution in [1.82, 2.24) is 9.88 Å². The summed E-state index contributed by atoms with van der Waals surface area (Å²) in [5.41, 5.74) is 3.00. The molecule has 0 unspecified atom stereocenters. The number of para-hydroxylation sites is 1. The largest absolute Gasteiger partial charge is 0.334 e. The van der Waals surface area contributed by atoms with Gasteiger partial charge in [-0.05, 0) is 43.0 Å². The Morgan fingerprint density at radius 1 is 1.08 bits per heavy atom. The fraction of sp³-hybridized carbons (Fsp3) is 0.273. The van der Waals surface area contributed by atoms with Gasteiger partial charge in [-0.25, -0.2) is 0 Å². The topological polar surface area (TPSA) is 53.2 Å². The van der Waals surface area contributed by atoms with E-state index in [1.165, 1.54) is 0 Å². The summed E-state index contributed by atoms with van der Waals surface area (Å²) >= 11 is 0. The van der Waals surface area contributed by atoms with Crippen molar-refractivity contribution in [3.8, 4) is 0 Å².